The molecule has 29 heavy (non-hydrogen) atoms. The SMILES string of the molecule is CCCCCCCCSc1ncc(-c2ccc(OC[C@H]3COC(=O)O3)cc2)cn1. The summed E-state index contributed by atoms with van der Waals surface area (Å²) in [5, 5.41) is 0.829. The minimum atomic E-state index is -0.637. The lowest BCUT2D eigenvalue weighted by Gasteiger charge is -2.10. The van der Waals surface area contributed by atoms with Crippen LogP contribution >= 0.6 is 11.8 Å². The summed E-state index contributed by atoms with van der Waals surface area (Å²) in [6.07, 6.45) is 10.5. The lowest BCUT2D eigenvalue weighted by Crippen LogP contribution is -2.19. The molecule has 2 heterocycles. The maximum absolute atomic E-state index is 10.9. The van der Waals surface area contributed by atoms with E-state index in [1.165, 1.54) is 38.5 Å². The van der Waals surface area contributed by atoms with Crippen LogP contribution in [0.2, 0.25) is 0 Å². The normalized spacial score (nSPS) is 15.8. The van der Waals surface area contributed by atoms with Gasteiger partial charge in [-0.15, -0.1) is 0 Å². The molecule has 0 bridgehead atoms. The summed E-state index contributed by atoms with van der Waals surface area (Å²) < 4.78 is 15.3. The van der Waals surface area contributed by atoms with Crippen LogP contribution in [0.25, 0.3) is 11.1 Å². The number of carbonyl (C=O) groups is 1. The van der Waals surface area contributed by atoms with Gasteiger partial charge in [0.05, 0.1) is 0 Å². The fourth-order valence-corrected chi connectivity index (χ4v) is 3.75. The van der Waals surface area contributed by atoms with Gasteiger partial charge < -0.3 is 14.2 Å². The molecule has 0 radical (unpaired) electrons. The summed E-state index contributed by atoms with van der Waals surface area (Å²) in [6.45, 7) is 2.75. The highest BCUT2D eigenvalue weighted by Gasteiger charge is 2.25. The molecule has 0 amide bonds. The van der Waals surface area contributed by atoms with Crippen LogP contribution in [-0.2, 0) is 9.47 Å². The largest absolute Gasteiger partial charge is 0.508 e. The van der Waals surface area contributed by atoms with Crippen LogP contribution in [0.5, 0.6) is 5.75 Å². The molecular weight excluding hydrogens is 388 g/mol. The van der Waals surface area contributed by atoms with Gasteiger partial charge in [-0.25, -0.2) is 14.8 Å². The molecule has 1 aliphatic heterocycles. The molecule has 1 saturated heterocycles. The van der Waals surface area contributed by atoms with E-state index in [2.05, 4.69) is 16.9 Å². The maximum atomic E-state index is 10.9. The van der Waals surface area contributed by atoms with Crippen molar-refractivity contribution in [1.82, 2.24) is 9.97 Å². The summed E-state index contributed by atoms with van der Waals surface area (Å²) in [7, 11) is 0. The molecule has 0 unspecified atom stereocenters. The summed E-state index contributed by atoms with van der Waals surface area (Å²) in [4.78, 5) is 19.9. The Bertz CT molecular complexity index is 752. The Morgan fingerprint density at radius 3 is 2.45 bits per heavy atom. The Morgan fingerprint density at radius 1 is 1.03 bits per heavy atom. The van der Waals surface area contributed by atoms with Crippen LogP contribution in [-0.4, -0.2) is 41.2 Å². The quantitative estimate of drug-likeness (QED) is 0.195. The van der Waals surface area contributed by atoms with Gasteiger partial charge >= 0.3 is 6.16 Å². The van der Waals surface area contributed by atoms with Crippen molar-refractivity contribution in [2.24, 2.45) is 0 Å². The Hall–Kier alpha value is -2.28. The number of unbranched alkanes of at least 4 members (excludes halogenated alkanes) is 5. The van der Waals surface area contributed by atoms with Crippen molar-refractivity contribution < 1.29 is 19.0 Å². The number of rotatable bonds is 12. The first-order valence-electron chi connectivity index (χ1n) is 10.3. The van der Waals surface area contributed by atoms with E-state index in [1.807, 2.05) is 36.7 Å². The van der Waals surface area contributed by atoms with E-state index in [4.69, 9.17) is 14.2 Å². The van der Waals surface area contributed by atoms with Crippen molar-refractivity contribution in [3.05, 3.63) is 36.7 Å². The standard InChI is InChI=1S/C22H28N2O4S/c1-2-3-4-5-6-7-12-29-21-23-13-18(14-24-21)17-8-10-19(11-9-17)26-15-20-16-27-22(25)28-20/h8-11,13-14,20H,2-7,12,15-16H2,1H3/t20-/m0/s1. The Morgan fingerprint density at radius 2 is 1.76 bits per heavy atom. The molecule has 156 valence electrons. The predicted octanol–water partition coefficient (Wildman–Crippen LogP) is 5.51. The zero-order valence-electron chi connectivity index (χ0n) is 16.8. The highest BCUT2D eigenvalue weighted by Crippen LogP contribution is 2.23. The number of carbonyl (C=O) groups excluding carboxylic acids is 1. The first kappa shape index (κ1) is 21.4. The zero-order chi connectivity index (χ0) is 20.3. The topological polar surface area (TPSA) is 70.5 Å². The molecule has 3 rings (SSSR count). The smallest absolute Gasteiger partial charge is 0.490 e. The van der Waals surface area contributed by atoms with Crippen molar-refractivity contribution in [3.8, 4) is 16.9 Å². The van der Waals surface area contributed by atoms with E-state index in [1.54, 1.807) is 11.8 Å². The molecule has 1 atom stereocenters. The van der Waals surface area contributed by atoms with Crippen molar-refractivity contribution in [2.75, 3.05) is 19.0 Å². The van der Waals surface area contributed by atoms with Crippen LogP contribution in [0.3, 0.4) is 0 Å². The van der Waals surface area contributed by atoms with E-state index in [0.717, 1.165) is 22.0 Å². The molecule has 1 aromatic carbocycles. The summed E-state index contributed by atoms with van der Waals surface area (Å²) in [5.74, 6) is 1.78. The van der Waals surface area contributed by atoms with Crippen molar-refractivity contribution in [2.45, 2.75) is 56.7 Å². The van der Waals surface area contributed by atoms with Gasteiger partial charge in [0.15, 0.2) is 11.3 Å². The number of thioether (sulfide) groups is 1. The second kappa shape index (κ2) is 11.7. The van der Waals surface area contributed by atoms with Crippen LogP contribution in [0, 0.1) is 0 Å². The predicted molar refractivity (Wildman–Crippen MR) is 113 cm³/mol. The molecule has 1 aliphatic rings. The van der Waals surface area contributed by atoms with E-state index >= 15 is 0 Å². The van der Waals surface area contributed by atoms with Crippen LogP contribution in [0.4, 0.5) is 4.79 Å². The van der Waals surface area contributed by atoms with E-state index in [-0.39, 0.29) is 19.3 Å². The third-order valence-electron chi connectivity index (χ3n) is 4.63. The molecule has 6 nitrogen and oxygen atoms in total. The van der Waals surface area contributed by atoms with Gasteiger partial charge in [0.25, 0.3) is 0 Å². The molecule has 1 aromatic heterocycles. The Labute approximate surface area is 176 Å². The lowest BCUT2D eigenvalue weighted by molar-refractivity contribution is 0.0983. The number of aromatic nitrogens is 2. The first-order chi connectivity index (χ1) is 14.2. The van der Waals surface area contributed by atoms with Crippen LogP contribution < -0.4 is 4.74 Å². The molecule has 0 N–H and O–H groups in total. The minimum absolute atomic E-state index is 0.234. The van der Waals surface area contributed by atoms with Crippen LogP contribution in [0.1, 0.15) is 45.4 Å². The molecule has 1 fully saturated rings. The number of cyclic esters (lactones) is 2. The highest BCUT2D eigenvalue weighted by atomic mass is 32.2. The average molecular weight is 417 g/mol. The van der Waals surface area contributed by atoms with Gasteiger partial charge in [-0.05, 0) is 24.1 Å². The van der Waals surface area contributed by atoms with Crippen LogP contribution in [0.15, 0.2) is 41.8 Å². The molecule has 2 aromatic rings. The van der Waals surface area contributed by atoms with E-state index in [9.17, 15) is 4.79 Å². The molecule has 0 spiro atoms. The van der Waals surface area contributed by atoms with Gasteiger partial charge in [0.1, 0.15) is 19.0 Å². The van der Waals surface area contributed by atoms with Crippen molar-refractivity contribution in [3.63, 3.8) is 0 Å². The zero-order valence-corrected chi connectivity index (χ0v) is 17.7. The monoisotopic (exact) mass is 416 g/mol. The van der Waals surface area contributed by atoms with Gasteiger partial charge in [0, 0.05) is 23.7 Å². The molecule has 0 aliphatic carbocycles. The fourth-order valence-electron chi connectivity index (χ4n) is 2.97. The van der Waals surface area contributed by atoms with E-state index < -0.39 is 6.16 Å². The van der Waals surface area contributed by atoms with E-state index in [0.29, 0.717) is 5.75 Å². The van der Waals surface area contributed by atoms with Gasteiger partial charge in [-0.2, -0.15) is 0 Å². The second-order valence-electron chi connectivity index (χ2n) is 7.01. The maximum Gasteiger partial charge on any atom is 0.508 e. The van der Waals surface area contributed by atoms with Gasteiger partial charge in [0.2, 0.25) is 0 Å². The number of hydrogen-bond acceptors (Lipinski definition) is 7. The summed E-state index contributed by atoms with van der Waals surface area (Å²) in [6, 6.07) is 7.70. The summed E-state index contributed by atoms with van der Waals surface area (Å²) in [5.41, 5.74) is 2.00. The number of hydrogen-bond donors (Lipinski definition) is 0. The van der Waals surface area contributed by atoms with Crippen molar-refractivity contribution in [1.29, 1.82) is 0 Å². The first-order valence-corrected chi connectivity index (χ1v) is 11.2. The third kappa shape index (κ3) is 7.24. The Balaban J connectivity index is 1.40. The number of benzene rings is 1. The minimum Gasteiger partial charge on any atom is -0.490 e. The van der Waals surface area contributed by atoms with Gasteiger partial charge in [-0.3, -0.25) is 0 Å². The average Bonchev–Trinajstić information content (AvgIpc) is 3.18. The lowest BCUT2D eigenvalue weighted by atomic mass is 10.1. The van der Waals surface area contributed by atoms with Crippen molar-refractivity contribution >= 4 is 17.9 Å². The molecule has 0 saturated carbocycles. The highest BCUT2D eigenvalue weighted by molar-refractivity contribution is 7.99. The molecule has 7 heteroatoms. The Kier molecular flexibility index (Phi) is 8.61. The number of nitrogens with zero attached hydrogens (tertiary/aromatic N) is 2. The summed E-state index contributed by atoms with van der Waals surface area (Å²) >= 11 is 1.72. The van der Waals surface area contributed by atoms with Gasteiger partial charge in [-0.1, -0.05) is 62.9 Å². The fraction of sp³-hybridized carbons (Fsp3) is 0.500. The third-order valence-corrected chi connectivity index (χ3v) is 5.59. The number of ether oxygens (including phenoxy) is 3. The second-order valence-corrected chi connectivity index (χ2v) is 8.07. The molecular formula is C22H28N2O4S.